The molecular weight excluding hydrogens is 244 g/mol. The van der Waals surface area contributed by atoms with Crippen LogP contribution in [0, 0.1) is 5.41 Å². The summed E-state index contributed by atoms with van der Waals surface area (Å²) in [6.07, 6.45) is 3.59. The summed E-state index contributed by atoms with van der Waals surface area (Å²) in [5.74, 6) is -0.624. The van der Waals surface area contributed by atoms with E-state index in [9.17, 15) is 4.79 Å². The van der Waals surface area contributed by atoms with Gasteiger partial charge in [-0.15, -0.1) is 5.10 Å². The average Bonchev–Trinajstić information content (AvgIpc) is 2.41. The highest BCUT2D eigenvalue weighted by molar-refractivity contribution is 5.92. The van der Waals surface area contributed by atoms with Crippen LogP contribution in [-0.4, -0.2) is 52.9 Å². The fourth-order valence-corrected chi connectivity index (χ4v) is 2.27. The molecule has 0 aromatic carbocycles. The molecule has 1 aliphatic rings. The van der Waals surface area contributed by atoms with Crippen LogP contribution in [0.4, 0.5) is 5.82 Å². The molecule has 0 amide bonds. The van der Waals surface area contributed by atoms with Gasteiger partial charge in [0.2, 0.25) is 0 Å². The molecule has 104 valence electrons. The fourth-order valence-electron chi connectivity index (χ4n) is 2.27. The number of hydrogen-bond donors (Lipinski definition) is 2. The van der Waals surface area contributed by atoms with Gasteiger partial charge in [0.1, 0.15) is 5.56 Å². The number of carboxylic acid groups (broad SMARTS) is 1. The topological polar surface area (TPSA) is 78.3 Å². The SMILES string of the molecule is CN1CCC(C)(CNc2nnccc2C(=O)O)CC1. The molecule has 19 heavy (non-hydrogen) atoms. The Bertz CT molecular complexity index is 456. The van der Waals surface area contributed by atoms with Crippen molar-refractivity contribution in [1.29, 1.82) is 0 Å². The molecule has 1 aromatic heterocycles. The highest BCUT2D eigenvalue weighted by atomic mass is 16.4. The monoisotopic (exact) mass is 264 g/mol. The number of hydrogen-bond acceptors (Lipinski definition) is 5. The van der Waals surface area contributed by atoms with Crippen molar-refractivity contribution in [3.8, 4) is 0 Å². The maximum Gasteiger partial charge on any atom is 0.339 e. The Kier molecular flexibility index (Phi) is 3.99. The van der Waals surface area contributed by atoms with Gasteiger partial charge in [-0.2, -0.15) is 5.10 Å². The first-order valence-corrected chi connectivity index (χ1v) is 6.48. The van der Waals surface area contributed by atoms with Crippen LogP contribution < -0.4 is 5.32 Å². The molecule has 0 unspecified atom stereocenters. The second-order valence-electron chi connectivity index (χ2n) is 5.57. The van der Waals surface area contributed by atoms with Crippen LogP contribution in [0.25, 0.3) is 0 Å². The summed E-state index contributed by atoms with van der Waals surface area (Å²) in [4.78, 5) is 13.4. The molecule has 2 N–H and O–H groups in total. The number of aromatic carboxylic acids is 1. The van der Waals surface area contributed by atoms with Crippen molar-refractivity contribution in [2.45, 2.75) is 19.8 Å². The van der Waals surface area contributed by atoms with Crippen LogP contribution in [0.15, 0.2) is 12.3 Å². The molecular formula is C13H20N4O2. The van der Waals surface area contributed by atoms with Gasteiger partial charge in [0.25, 0.3) is 0 Å². The van der Waals surface area contributed by atoms with E-state index in [0.29, 0.717) is 5.82 Å². The van der Waals surface area contributed by atoms with Crippen molar-refractivity contribution in [1.82, 2.24) is 15.1 Å². The molecule has 0 radical (unpaired) electrons. The van der Waals surface area contributed by atoms with Gasteiger partial charge in [-0.1, -0.05) is 6.92 Å². The highest BCUT2D eigenvalue weighted by Gasteiger charge is 2.29. The quantitative estimate of drug-likeness (QED) is 0.854. The number of nitrogens with zero attached hydrogens (tertiary/aromatic N) is 3. The second-order valence-corrected chi connectivity index (χ2v) is 5.57. The van der Waals surface area contributed by atoms with E-state index in [1.54, 1.807) is 0 Å². The van der Waals surface area contributed by atoms with E-state index in [2.05, 4.69) is 34.4 Å². The zero-order chi connectivity index (χ0) is 13.9. The number of carboxylic acids is 1. The van der Waals surface area contributed by atoms with Gasteiger partial charge in [0.15, 0.2) is 5.82 Å². The van der Waals surface area contributed by atoms with Gasteiger partial charge in [-0.25, -0.2) is 4.79 Å². The zero-order valence-corrected chi connectivity index (χ0v) is 11.4. The van der Waals surface area contributed by atoms with Crippen LogP contribution in [0.2, 0.25) is 0 Å². The third kappa shape index (κ3) is 3.41. The van der Waals surface area contributed by atoms with E-state index in [-0.39, 0.29) is 11.0 Å². The molecule has 0 bridgehead atoms. The summed E-state index contributed by atoms with van der Waals surface area (Å²) in [5.41, 5.74) is 0.353. The molecule has 1 fully saturated rings. The number of rotatable bonds is 4. The number of likely N-dealkylation sites (tertiary alicyclic amines) is 1. The number of aromatic nitrogens is 2. The lowest BCUT2D eigenvalue weighted by molar-refractivity contribution is 0.0697. The Balaban J connectivity index is 2.01. The minimum atomic E-state index is -0.981. The largest absolute Gasteiger partial charge is 0.478 e. The first kappa shape index (κ1) is 13.7. The lowest BCUT2D eigenvalue weighted by atomic mass is 9.80. The summed E-state index contributed by atoms with van der Waals surface area (Å²) in [5, 5.41) is 19.9. The summed E-state index contributed by atoms with van der Waals surface area (Å²) in [7, 11) is 2.12. The minimum absolute atomic E-state index is 0.173. The maximum atomic E-state index is 11.1. The molecule has 1 saturated heterocycles. The Morgan fingerprint density at radius 1 is 1.53 bits per heavy atom. The van der Waals surface area contributed by atoms with Crippen molar-refractivity contribution in [3.05, 3.63) is 17.8 Å². The zero-order valence-electron chi connectivity index (χ0n) is 11.4. The standard InChI is InChI=1S/C13H20N4O2/c1-13(4-7-17(2)8-5-13)9-14-11-10(12(18)19)3-6-15-16-11/h3,6H,4-5,7-9H2,1-2H3,(H,14,16)(H,18,19). The molecule has 6 nitrogen and oxygen atoms in total. The van der Waals surface area contributed by atoms with Gasteiger partial charge in [-0.3, -0.25) is 0 Å². The summed E-state index contributed by atoms with van der Waals surface area (Å²) < 4.78 is 0. The Morgan fingerprint density at radius 3 is 2.84 bits per heavy atom. The third-order valence-corrected chi connectivity index (χ3v) is 3.83. The van der Waals surface area contributed by atoms with Gasteiger partial charge in [0.05, 0.1) is 6.20 Å². The Morgan fingerprint density at radius 2 is 2.21 bits per heavy atom. The number of carbonyl (C=O) groups is 1. The average molecular weight is 264 g/mol. The first-order valence-electron chi connectivity index (χ1n) is 6.48. The molecule has 2 heterocycles. The minimum Gasteiger partial charge on any atom is -0.478 e. The fraction of sp³-hybridized carbons (Fsp3) is 0.615. The normalized spacial score (nSPS) is 19.1. The van der Waals surface area contributed by atoms with E-state index < -0.39 is 5.97 Å². The number of nitrogens with one attached hydrogen (secondary N) is 1. The summed E-state index contributed by atoms with van der Waals surface area (Å²) in [6.45, 7) is 5.10. The van der Waals surface area contributed by atoms with Crippen LogP contribution in [0.1, 0.15) is 30.1 Å². The van der Waals surface area contributed by atoms with Crippen molar-refractivity contribution >= 4 is 11.8 Å². The predicted octanol–water partition coefficient (Wildman–Crippen LogP) is 1.32. The summed E-state index contributed by atoms with van der Waals surface area (Å²) >= 11 is 0. The maximum absolute atomic E-state index is 11.1. The summed E-state index contributed by atoms with van der Waals surface area (Å²) in [6, 6.07) is 1.47. The molecule has 2 rings (SSSR count). The number of piperidine rings is 1. The smallest absolute Gasteiger partial charge is 0.339 e. The van der Waals surface area contributed by atoms with Crippen LogP contribution in [-0.2, 0) is 0 Å². The van der Waals surface area contributed by atoms with Crippen molar-refractivity contribution < 1.29 is 9.90 Å². The van der Waals surface area contributed by atoms with E-state index >= 15 is 0 Å². The van der Waals surface area contributed by atoms with Crippen molar-refractivity contribution in [3.63, 3.8) is 0 Å². The lowest BCUT2D eigenvalue weighted by Gasteiger charge is -2.38. The van der Waals surface area contributed by atoms with E-state index in [4.69, 9.17) is 5.11 Å². The van der Waals surface area contributed by atoms with E-state index in [1.807, 2.05) is 0 Å². The molecule has 0 saturated carbocycles. The second kappa shape index (κ2) is 5.52. The van der Waals surface area contributed by atoms with Crippen molar-refractivity contribution in [2.75, 3.05) is 32.0 Å². The van der Waals surface area contributed by atoms with Gasteiger partial charge in [0, 0.05) is 6.54 Å². The lowest BCUT2D eigenvalue weighted by Crippen LogP contribution is -2.40. The molecule has 0 spiro atoms. The Labute approximate surface area is 112 Å². The third-order valence-electron chi connectivity index (χ3n) is 3.83. The molecule has 0 atom stereocenters. The van der Waals surface area contributed by atoms with Crippen LogP contribution >= 0.6 is 0 Å². The van der Waals surface area contributed by atoms with Gasteiger partial charge < -0.3 is 15.3 Å². The van der Waals surface area contributed by atoms with Crippen molar-refractivity contribution in [2.24, 2.45) is 5.41 Å². The van der Waals surface area contributed by atoms with Gasteiger partial charge >= 0.3 is 5.97 Å². The molecule has 1 aliphatic heterocycles. The predicted molar refractivity (Wildman–Crippen MR) is 72.3 cm³/mol. The first-order chi connectivity index (χ1) is 9.00. The molecule has 6 heteroatoms. The highest BCUT2D eigenvalue weighted by Crippen LogP contribution is 2.30. The van der Waals surface area contributed by atoms with E-state index in [0.717, 1.165) is 32.5 Å². The van der Waals surface area contributed by atoms with E-state index in [1.165, 1.54) is 12.3 Å². The number of anilines is 1. The molecule has 0 aliphatic carbocycles. The van der Waals surface area contributed by atoms with Crippen LogP contribution in [0.5, 0.6) is 0 Å². The Hall–Kier alpha value is -1.69. The van der Waals surface area contributed by atoms with Gasteiger partial charge in [-0.05, 0) is 44.5 Å². The molecule has 1 aromatic rings. The van der Waals surface area contributed by atoms with Crippen LogP contribution in [0.3, 0.4) is 0 Å².